The number of benzene rings is 2. The Hall–Kier alpha value is -2.86. The second-order valence-corrected chi connectivity index (χ2v) is 7.60. The van der Waals surface area contributed by atoms with Crippen LogP contribution in [-0.4, -0.2) is 10.5 Å². The first-order valence-corrected chi connectivity index (χ1v) is 9.98. The fraction of sp³-hybridized carbons (Fsp3) is 0.130. The number of aromatic nitrogens is 1. The number of hydrogen-bond donors (Lipinski definition) is 1. The average molecular weight is 443 g/mol. The summed E-state index contributed by atoms with van der Waals surface area (Å²) in [6, 6.07) is 16.3. The van der Waals surface area contributed by atoms with E-state index in [0.717, 1.165) is 16.7 Å². The molecule has 2 N–H and O–H groups in total. The van der Waals surface area contributed by atoms with Crippen LogP contribution < -0.4 is 11.5 Å². The van der Waals surface area contributed by atoms with Gasteiger partial charge in [0, 0.05) is 6.54 Å². The number of rotatable bonds is 6. The van der Waals surface area contributed by atoms with Crippen molar-refractivity contribution in [2.75, 3.05) is 0 Å². The third-order valence-electron chi connectivity index (χ3n) is 4.63. The molecule has 0 aliphatic rings. The van der Waals surface area contributed by atoms with Gasteiger partial charge in [0.15, 0.2) is 0 Å². The Bertz CT molecular complexity index is 1150. The molecule has 0 fully saturated rings. The average Bonchev–Trinajstić information content (AvgIpc) is 2.74. The van der Waals surface area contributed by atoms with Gasteiger partial charge in [-0.25, -0.2) is 4.79 Å². The zero-order valence-corrected chi connectivity index (χ0v) is 17.8. The Morgan fingerprint density at radius 1 is 1.07 bits per heavy atom. The molecule has 5 nitrogen and oxygen atoms in total. The number of nitrogens with two attached hydrogens (primary N) is 1. The minimum atomic E-state index is -0.608. The number of hydrogen-bond acceptors (Lipinski definition) is 4. The van der Waals surface area contributed by atoms with Crippen LogP contribution in [0.5, 0.6) is 0 Å². The number of nitrogens with zero attached hydrogens (tertiary/aromatic N) is 1. The number of aryl methyl sites for hydroxylation is 2. The minimum Gasteiger partial charge on any atom is -0.370 e. The van der Waals surface area contributed by atoms with E-state index in [2.05, 4.69) is 4.84 Å². The van der Waals surface area contributed by atoms with Crippen LogP contribution in [0.4, 0.5) is 0 Å². The monoisotopic (exact) mass is 442 g/mol. The summed E-state index contributed by atoms with van der Waals surface area (Å²) in [6.07, 6.45) is 4.26. The van der Waals surface area contributed by atoms with Crippen molar-refractivity contribution in [2.24, 2.45) is 5.90 Å². The maximum absolute atomic E-state index is 12.7. The van der Waals surface area contributed by atoms with E-state index in [1.165, 1.54) is 6.07 Å². The number of carbonyl (C=O) groups is 1. The molecule has 0 saturated carbocycles. The lowest BCUT2D eigenvalue weighted by molar-refractivity contribution is 0.0503. The molecule has 0 bridgehead atoms. The van der Waals surface area contributed by atoms with Crippen molar-refractivity contribution >= 4 is 41.3 Å². The first kappa shape index (κ1) is 21.8. The SMILES string of the molecule is Cc1cccc(/C=C/c2c(Cl)cc(Cl)c(=O)n2CCc2ccc(C(=O)ON)cc2)c1. The van der Waals surface area contributed by atoms with Gasteiger partial charge >= 0.3 is 5.97 Å². The van der Waals surface area contributed by atoms with E-state index in [9.17, 15) is 9.59 Å². The molecular weight excluding hydrogens is 423 g/mol. The summed E-state index contributed by atoms with van der Waals surface area (Å²) < 4.78 is 1.55. The lowest BCUT2D eigenvalue weighted by Crippen LogP contribution is -2.24. The molecule has 1 aromatic heterocycles. The predicted octanol–water partition coefficient (Wildman–Crippen LogP) is 4.91. The van der Waals surface area contributed by atoms with Gasteiger partial charge in [-0.2, -0.15) is 5.90 Å². The summed E-state index contributed by atoms with van der Waals surface area (Å²) in [5.74, 6) is 4.29. The fourth-order valence-corrected chi connectivity index (χ4v) is 3.61. The van der Waals surface area contributed by atoms with E-state index in [1.54, 1.807) is 28.8 Å². The second-order valence-electron chi connectivity index (χ2n) is 6.78. The van der Waals surface area contributed by atoms with Gasteiger partial charge in [-0.1, -0.05) is 71.2 Å². The molecule has 0 unspecified atom stereocenters. The molecule has 3 aromatic rings. The third-order valence-corrected chi connectivity index (χ3v) is 5.21. The molecule has 3 rings (SSSR count). The third kappa shape index (κ3) is 5.19. The molecule has 0 radical (unpaired) electrons. The largest absolute Gasteiger partial charge is 0.370 e. The summed E-state index contributed by atoms with van der Waals surface area (Å²) in [5.41, 5.74) is 3.69. The fourth-order valence-electron chi connectivity index (χ4n) is 3.07. The Kier molecular flexibility index (Phi) is 7.11. The molecule has 154 valence electrons. The van der Waals surface area contributed by atoms with Crippen LogP contribution in [0.3, 0.4) is 0 Å². The van der Waals surface area contributed by atoms with Gasteiger partial charge in [-0.3, -0.25) is 4.79 Å². The molecule has 1 heterocycles. The molecule has 0 atom stereocenters. The summed E-state index contributed by atoms with van der Waals surface area (Å²) in [4.78, 5) is 28.3. The topological polar surface area (TPSA) is 74.3 Å². The first-order valence-electron chi connectivity index (χ1n) is 9.22. The lowest BCUT2D eigenvalue weighted by atomic mass is 10.1. The van der Waals surface area contributed by atoms with Crippen molar-refractivity contribution < 1.29 is 9.63 Å². The van der Waals surface area contributed by atoms with Crippen molar-refractivity contribution in [2.45, 2.75) is 19.9 Å². The molecule has 30 heavy (non-hydrogen) atoms. The van der Waals surface area contributed by atoms with E-state index >= 15 is 0 Å². The van der Waals surface area contributed by atoms with E-state index in [4.69, 9.17) is 29.1 Å². The highest BCUT2D eigenvalue weighted by Crippen LogP contribution is 2.21. The summed E-state index contributed by atoms with van der Waals surface area (Å²) in [5, 5.41) is 0.457. The molecule has 0 aliphatic carbocycles. The molecule has 0 spiro atoms. The number of pyridine rings is 1. The lowest BCUT2D eigenvalue weighted by Gasteiger charge is -2.13. The minimum absolute atomic E-state index is 0.0637. The Morgan fingerprint density at radius 2 is 1.80 bits per heavy atom. The Labute approximate surface area is 184 Å². The van der Waals surface area contributed by atoms with Crippen LogP contribution in [0.15, 0.2) is 59.4 Å². The molecule has 0 saturated heterocycles. The standard InChI is InChI=1S/C23H20Cl2N2O3/c1-15-3-2-4-17(13-15)7-10-21-19(24)14-20(25)22(28)27(21)12-11-16-5-8-18(9-6-16)23(29)30-26/h2-10,13-14H,11-12,26H2,1H3/b10-7+. The highest BCUT2D eigenvalue weighted by molar-refractivity contribution is 6.35. The second kappa shape index (κ2) is 9.76. The molecule has 0 aliphatic heterocycles. The summed E-state index contributed by atoms with van der Waals surface area (Å²) in [7, 11) is 0. The first-order chi connectivity index (χ1) is 14.4. The van der Waals surface area contributed by atoms with Gasteiger partial charge in [-0.15, -0.1) is 0 Å². The smallest absolute Gasteiger partial charge is 0.356 e. The van der Waals surface area contributed by atoms with Gasteiger partial charge in [0.2, 0.25) is 0 Å². The van der Waals surface area contributed by atoms with Crippen LogP contribution in [-0.2, 0) is 17.8 Å². The molecule has 0 amide bonds. The Morgan fingerprint density at radius 3 is 2.47 bits per heavy atom. The quantitative estimate of drug-likeness (QED) is 0.550. The van der Waals surface area contributed by atoms with Gasteiger partial charge in [-0.05, 0) is 48.7 Å². The van der Waals surface area contributed by atoms with Gasteiger partial charge in [0.05, 0.1) is 16.3 Å². The van der Waals surface area contributed by atoms with Crippen molar-refractivity contribution in [1.29, 1.82) is 0 Å². The van der Waals surface area contributed by atoms with Crippen molar-refractivity contribution in [3.63, 3.8) is 0 Å². The van der Waals surface area contributed by atoms with Crippen LogP contribution in [0, 0.1) is 6.92 Å². The van der Waals surface area contributed by atoms with Crippen LogP contribution in [0.25, 0.3) is 12.2 Å². The molecule has 7 heteroatoms. The van der Waals surface area contributed by atoms with E-state index in [0.29, 0.717) is 29.2 Å². The predicted molar refractivity (Wildman–Crippen MR) is 121 cm³/mol. The zero-order valence-electron chi connectivity index (χ0n) is 16.3. The van der Waals surface area contributed by atoms with Crippen molar-refractivity contribution in [3.8, 4) is 0 Å². The zero-order chi connectivity index (χ0) is 21.7. The van der Waals surface area contributed by atoms with Gasteiger partial charge in [0.1, 0.15) is 5.02 Å². The van der Waals surface area contributed by atoms with E-state index in [-0.39, 0.29) is 10.6 Å². The van der Waals surface area contributed by atoms with E-state index in [1.807, 2.05) is 43.3 Å². The van der Waals surface area contributed by atoms with Gasteiger partial charge < -0.3 is 9.40 Å². The van der Waals surface area contributed by atoms with Crippen LogP contribution in [0.2, 0.25) is 10.0 Å². The number of carbonyl (C=O) groups excluding carboxylic acids is 1. The van der Waals surface area contributed by atoms with Crippen LogP contribution >= 0.6 is 23.2 Å². The molecular formula is C23H20Cl2N2O3. The normalized spacial score (nSPS) is 11.1. The summed E-state index contributed by atoms with van der Waals surface area (Å²) in [6.45, 7) is 2.38. The van der Waals surface area contributed by atoms with Crippen molar-refractivity contribution in [1.82, 2.24) is 4.57 Å². The van der Waals surface area contributed by atoms with E-state index < -0.39 is 5.97 Å². The maximum Gasteiger partial charge on any atom is 0.356 e. The molecule has 2 aromatic carbocycles. The maximum atomic E-state index is 12.7. The number of halogens is 2. The Balaban J connectivity index is 1.88. The highest BCUT2D eigenvalue weighted by Gasteiger charge is 2.12. The van der Waals surface area contributed by atoms with Gasteiger partial charge in [0.25, 0.3) is 5.56 Å². The highest BCUT2D eigenvalue weighted by atomic mass is 35.5. The summed E-state index contributed by atoms with van der Waals surface area (Å²) >= 11 is 12.5. The van der Waals surface area contributed by atoms with Crippen molar-refractivity contribution in [3.05, 3.63) is 103 Å². The van der Waals surface area contributed by atoms with Crippen LogP contribution in [0.1, 0.15) is 32.7 Å².